The Balaban J connectivity index is 0. The number of rotatable bonds is 1. The van der Waals surface area contributed by atoms with Crippen LogP contribution < -0.4 is 5.73 Å². The third-order valence-electron chi connectivity index (χ3n) is 1.32. The molecule has 0 saturated carbocycles. The number of hydrogen-bond acceptors (Lipinski definition) is 3. The second-order valence-electron chi connectivity index (χ2n) is 2.15. The van der Waals surface area contributed by atoms with E-state index in [1.54, 1.807) is 25.3 Å². The molecule has 1 aromatic rings. The molecule has 1 heterocycles. The van der Waals surface area contributed by atoms with Crippen LogP contribution in [-0.4, -0.2) is 10.1 Å². The van der Waals surface area contributed by atoms with Crippen molar-refractivity contribution < 1.29 is 5.11 Å². The molecule has 0 spiro atoms. The number of aliphatic hydroxyl groups excluding tert-OH is 1. The summed E-state index contributed by atoms with van der Waals surface area (Å²) in [5.74, 6) is 0.400. The smallest absolute Gasteiger partial charge is 0.129 e. The minimum Gasteiger partial charge on any atom is -0.389 e. The Hall–Kier alpha value is -0.510. The molecule has 0 aliphatic heterocycles. The van der Waals surface area contributed by atoms with Crippen LogP contribution in [0.25, 0.3) is 0 Å². The Bertz CT molecular complexity index is 230. The third kappa shape index (κ3) is 3.26. The summed E-state index contributed by atoms with van der Waals surface area (Å²) in [6, 6.07) is 3.51. The number of halogens is 2. The second kappa shape index (κ2) is 6.06. The zero-order valence-electron chi connectivity index (χ0n) is 6.60. The number of pyridine rings is 1. The fourth-order valence-corrected chi connectivity index (χ4v) is 0.783. The number of aromatic nitrogens is 1. The average molecular weight is 211 g/mol. The monoisotopic (exact) mass is 210 g/mol. The van der Waals surface area contributed by atoms with Crippen molar-refractivity contribution in [2.45, 2.75) is 13.0 Å². The zero-order valence-corrected chi connectivity index (χ0v) is 8.23. The van der Waals surface area contributed by atoms with Gasteiger partial charge in [0.2, 0.25) is 0 Å². The van der Waals surface area contributed by atoms with E-state index in [0.29, 0.717) is 11.4 Å². The highest BCUT2D eigenvalue weighted by molar-refractivity contribution is 5.85. The first-order valence-electron chi connectivity index (χ1n) is 3.10. The molecule has 12 heavy (non-hydrogen) atoms. The number of nitrogens with zero attached hydrogens (tertiary/aromatic N) is 1. The fraction of sp³-hybridized carbons (Fsp3) is 0.286. The van der Waals surface area contributed by atoms with Crippen molar-refractivity contribution in [3.8, 4) is 0 Å². The number of nitrogens with two attached hydrogens (primary N) is 1. The van der Waals surface area contributed by atoms with Crippen LogP contribution in [0, 0.1) is 0 Å². The van der Waals surface area contributed by atoms with E-state index in [4.69, 9.17) is 10.8 Å². The molecule has 0 aromatic carbocycles. The topological polar surface area (TPSA) is 59.1 Å². The Morgan fingerprint density at radius 3 is 2.42 bits per heavy atom. The van der Waals surface area contributed by atoms with Gasteiger partial charge in [-0.15, -0.1) is 24.8 Å². The van der Waals surface area contributed by atoms with Gasteiger partial charge in [0.05, 0.1) is 6.10 Å². The number of nitrogen functional groups attached to an aromatic ring is 1. The largest absolute Gasteiger partial charge is 0.389 e. The number of aliphatic hydroxyl groups is 1. The maximum atomic E-state index is 9.08. The third-order valence-corrected chi connectivity index (χ3v) is 1.32. The van der Waals surface area contributed by atoms with Gasteiger partial charge in [0.25, 0.3) is 0 Å². The first-order valence-corrected chi connectivity index (χ1v) is 3.10. The van der Waals surface area contributed by atoms with Crippen molar-refractivity contribution in [3.05, 3.63) is 23.9 Å². The highest BCUT2D eigenvalue weighted by Crippen LogP contribution is 2.15. The first-order chi connectivity index (χ1) is 4.72. The lowest BCUT2D eigenvalue weighted by molar-refractivity contribution is 0.199. The summed E-state index contributed by atoms with van der Waals surface area (Å²) in [6.07, 6.45) is 1.06. The highest BCUT2D eigenvalue weighted by atomic mass is 35.5. The predicted molar refractivity (Wildman–Crippen MR) is 53.8 cm³/mol. The molecular formula is C7H12Cl2N2O. The van der Waals surface area contributed by atoms with Crippen LogP contribution in [0.1, 0.15) is 18.6 Å². The molecule has 0 saturated heterocycles. The van der Waals surface area contributed by atoms with Crippen LogP contribution in [0.3, 0.4) is 0 Å². The summed E-state index contributed by atoms with van der Waals surface area (Å²) >= 11 is 0. The molecule has 0 aliphatic rings. The van der Waals surface area contributed by atoms with Crippen LogP contribution in [0.2, 0.25) is 0 Å². The minimum atomic E-state index is -0.534. The molecule has 3 N–H and O–H groups in total. The Kier molecular flexibility index (Phi) is 7.09. The normalized spacial score (nSPS) is 10.8. The van der Waals surface area contributed by atoms with Crippen molar-refractivity contribution >= 4 is 30.6 Å². The van der Waals surface area contributed by atoms with Crippen molar-refractivity contribution in [3.63, 3.8) is 0 Å². The number of hydrogen-bond donors (Lipinski definition) is 2. The van der Waals surface area contributed by atoms with Gasteiger partial charge in [-0.3, -0.25) is 0 Å². The predicted octanol–water partition coefficient (Wildman–Crippen LogP) is 1.56. The van der Waals surface area contributed by atoms with Crippen molar-refractivity contribution in [1.29, 1.82) is 0 Å². The molecular weight excluding hydrogens is 199 g/mol. The average Bonchev–Trinajstić information content (AvgIpc) is 1.88. The lowest BCUT2D eigenvalue weighted by Gasteiger charge is -2.05. The molecule has 1 aromatic heterocycles. The standard InChI is InChI=1S/C7H10N2O.2ClH/c1-5(10)6-3-2-4-9-7(6)8;;/h2-5,10H,1H3,(H2,8,9);2*1H/t5-;;/m1../s1. The summed E-state index contributed by atoms with van der Waals surface area (Å²) in [6.45, 7) is 1.66. The summed E-state index contributed by atoms with van der Waals surface area (Å²) in [5, 5.41) is 9.08. The van der Waals surface area contributed by atoms with Crippen LogP contribution in [-0.2, 0) is 0 Å². The van der Waals surface area contributed by atoms with Gasteiger partial charge in [-0.05, 0) is 13.0 Å². The molecule has 0 bridgehead atoms. The molecule has 5 heteroatoms. The SMILES string of the molecule is C[C@@H](O)c1cccnc1N.Cl.Cl. The molecule has 1 atom stereocenters. The van der Waals surface area contributed by atoms with Gasteiger partial charge in [-0.2, -0.15) is 0 Å². The van der Waals surface area contributed by atoms with Gasteiger partial charge in [0.1, 0.15) is 5.82 Å². The van der Waals surface area contributed by atoms with E-state index in [9.17, 15) is 0 Å². The van der Waals surface area contributed by atoms with E-state index in [-0.39, 0.29) is 24.8 Å². The molecule has 0 fully saturated rings. The van der Waals surface area contributed by atoms with Gasteiger partial charge >= 0.3 is 0 Å². The summed E-state index contributed by atoms with van der Waals surface area (Å²) in [5.41, 5.74) is 6.13. The van der Waals surface area contributed by atoms with Crippen molar-refractivity contribution in [2.75, 3.05) is 5.73 Å². The quantitative estimate of drug-likeness (QED) is 0.740. The van der Waals surface area contributed by atoms with Crippen LogP contribution in [0.4, 0.5) is 5.82 Å². The van der Waals surface area contributed by atoms with Crippen LogP contribution in [0.5, 0.6) is 0 Å². The van der Waals surface area contributed by atoms with Gasteiger partial charge in [0.15, 0.2) is 0 Å². The van der Waals surface area contributed by atoms with Crippen LogP contribution >= 0.6 is 24.8 Å². The Morgan fingerprint density at radius 1 is 1.50 bits per heavy atom. The molecule has 0 unspecified atom stereocenters. The van der Waals surface area contributed by atoms with Crippen LogP contribution in [0.15, 0.2) is 18.3 Å². The second-order valence-corrected chi connectivity index (χ2v) is 2.15. The summed E-state index contributed by atoms with van der Waals surface area (Å²) < 4.78 is 0. The highest BCUT2D eigenvalue weighted by Gasteiger charge is 2.03. The van der Waals surface area contributed by atoms with Gasteiger partial charge in [-0.1, -0.05) is 6.07 Å². The van der Waals surface area contributed by atoms with Gasteiger partial charge in [0, 0.05) is 11.8 Å². The van der Waals surface area contributed by atoms with E-state index < -0.39 is 6.10 Å². The van der Waals surface area contributed by atoms with E-state index in [1.807, 2.05) is 0 Å². The van der Waals surface area contributed by atoms with Gasteiger partial charge < -0.3 is 10.8 Å². The van der Waals surface area contributed by atoms with Gasteiger partial charge in [-0.25, -0.2) is 4.98 Å². The maximum Gasteiger partial charge on any atom is 0.129 e. The summed E-state index contributed by atoms with van der Waals surface area (Å²) in [4.78, 5) is 3.82. The van der Waals surface area contributed by atoms with Crippen molar-refractivity contribution in [1.82, 2.24) is 4.98 Å². The lowest BCUT2D eigenvalue weighted by atomic mass is 10.2. The van der Waals surface area contributed by atoms with E-state index in [0.717, 1.165) is 0 Å². The maximum absolute atomic E-state index is 9.08. The summed E-state index contributed by atoms with van der Waals surface area (Å²) in [7, 11) is 0. The Labute approximate surface area is 83.8 Å². The molecule has 0 radical (unpaired) electrons. The van der Waals surface area contributed by atoms with E-state index >= 15 is 0 Å². The molecule has 70 valence electrons. The van der Waals surface area contributed by atoms with E-state index in [2.05, 4.69) is 4.98 Å². The lowest BCUT2D eigenvalue weighted by Crippen LogP contribution is -1.99. The molecule has 0 amide bonds. The zero-order chi connectivity index (χ0) is 7.56. The molecule has 1 rings (SSSR count). The number of anilines is 1. The first kappa shape index (κ1) is 14.0. The Morgan fingerprint density at radius 2 is 2.08 bits per heavy atom. The molecule has 0 aliphatic carbocycles. The van der Waals surface area contributed by atoms with E-state index in [1.165, 1.54) is 0 Å². The molecule has 3 nitrogen and oxygen atoms in total. The van der Waals surface area contributed by atoms with Crippen molar-refractivity contribution in [2.24, 2.45) is 0 Å². The minimum absolute atomic E-state index is 0. The fourth-order valence-electron chi connectivity index (χ4n) is 0.783.